The molecule has 0 atom stereocenters. The molecule has 1 aliphatic rings. The van der Waals surface area contributed by atoms with Crippen LogP contribution in [0.15, 0.2) is 24.3 Å². The average Bonchev–Trinajstić information content (AvgIpc) is 2.87. The van der Waals surface area contributed by atoms with Gasteiger partial charge in [0.2, 0.25) is 0 Å². The molecule has 1 aliphatic carbocycles. The Kier molecular flexibility index (Phi) is 3.71. The topological polar surface area (TPSA) is 52.9 Å². The first-order valence-corrected chi connectivity index (χ1v) is 6.28. The molecule has 1 saturated carbocycles. The molecule has 0 aromatic heterocycles. The maximum Gasteiger partial charge on any atom is 0.417 e. The van der Waals surface area contributed by atoms with Crippen LogP contribution < -0.4 is 5.32 Å². The highest BCUT2D eigenvalue weighted by molar-refractivity contribution is 5.96. The maximum absolute atomic E-state index is 12.9. The first-order valence-electron chi connectivity index (χ1n) is 6.28. The molecule has 106 valence electrons. The van der Waals surface area contributed by atoms with Crippen molar-refractivity contribution < 1.29 is 18.0 Å². The number of benzene rings is 1. The van der Waals surface area contributed by atoms with E-state index < -0.39 is 28.7 Å². The van der Waals surface area contributed by atoms with E-state index >= 15 is 0 Å². The molecule has 20 heavy (non-hydrogen) atoms. The van der Waals surface area contributed by atoms with Gasteiger partial charge < -0.3 is 5.32 Å². The van der Waals surface area contributed by atoms with Crippen molar-refractivity contribution in [3.8, 4) is 6.07 Å². The van der Waals surface area contributed by atoms with Gasteiger partial charge in [0.25, 0.3) is 5.91 Å². The van der Waals surface area contributed by atoms with Crippen LogP contribution in [0.3, 0.4) is 0 Å². The molecule has 6 heteroatoms. The van der Waals surface area contributed by atoms with Crippen LogP contribution in [0.5, 0.6) is 0 Å². The highest BCUT2D eigenvalue weighted by Gasteiger charge is 2.39. The fourth-order valence-electron chi connectivity index (χ4n) is 2.46. The number of halogens is 3. The number of carbonyl (C=O) groups excluding carboxylic acids is 1. The van der Waals surface area contributed by atoms with E-state index in [0.29, 0.717) is 12.8 Å². The zero-order chi connectivity index (χ0) is 14.8. The van der Waals surface area contributed by atoms with E-state index in [1.54, 1.807) is 0 Å². The number of rotatable bonds is 2. The highest BCUT2D eigenvalue weighted by atomic mass is 19.4. The van der Waals surface area contributed by atoms with Gasteiger partial charge >= 0.3 is 6.18 Å². The summed E-state index contributed by atoms with van der Waals surface area (Å²) in [6.45, 7) is 0. The monoisotopic (exact) mass is 282 g/mol. The minimum absolute atomic E-state index is 0.443. The minimum atomic E-state index is -4.59. The molecular formula is C14H13F3N2O. The van der Waals surface area contributed by atoms with Crippen molar-refractivity contribution in [3.05, 3.63) is 35.4 Å². The van der Waals surface area contributed by atoms with Gasteiger partial charge in [0.15, 0.2) is 0 Å². The fraction of sp³-hybridized carbons (Fsp3) is 0.429. The van der Waals surface area contributed by atoms with E-state index in [1.165, 1.54) is 12.1 Å². The Balaban J connectivity index is 2.29. The third-order valence-corrected chi connectivity index (χ3v) is 3.50. The minimum Gasteiger partial charge on any atom is -0.334 e. The zero-order valence-electron chi connectivity index (χ0n) is 10.6. The van der Waals surface area contributed by atoms with Crippen LogP contribution in [-0.2, 0) is 6.18 Å². The molecule has 0 aliphatic heterocycles. The molecule has 0 bridgehead atoms. The second kappa shape index (κ2) is 5.16. The summed E-state index contributed by atoms with van der Waals surface area (Å²) in [7, 11) is 0. The summed E-state index contributed by atoms with van der Waals surface area (Å²) in [5, 5.41) is 11.6. The van der Waals surface area contributed by atoms with Gasteiger partial charge in [-0.3, -0.25) is 4.79 Å². The number of hydrogen-bond acceptors (Lipinski definition) is 2. The van der Waals surface area contributed by atoms with Crippen LogP contribution in [0.25, 0.3) is 0 Å². The summed E-state index contributed by atoms with van der Waals surface area (Å²) in [5.74, 6) is -0.846. The van der Waals surface area contributed by atoms with Crippen LogP contribution in [0.4, 0.5) is 13.2 Å². The van der Waals surface area contributed by atoms with Gasteiger partial charge in [-0.05, 0) is 37.8 Å². The quantitative estimate of drug-likeness (QED) is 0.905. The lowest BCUT2D eigenvalue weighted by Crippen LogP contribution is -2.45. The van der Waals surface area contributed by atoms with Crippen molar-refractivity contribution in [1.29, 1.82) is 5.26 Å². The van der Waals surface area contributed by atoms with E-state index in [2.05, 4.69) is 5.32 Å². The molecule has 2 rings (SSSR count). The van der Waals surface area contributed by atoms with Gasteiger partial charge in [-0.25, -0.2) is 0 Å². The van der Waals surface area contributed by atoms with E-state index in [0.717, 1.165) is 25.0 Å². The second-order valence-electron chi connectivity index (χ2n) is 4.90. The molecule has 1 aromatic rings. The van der Waals surface area contributed by atoms with Crippen LogP contribution in [0.2, 0.25) is 0 Å². The predicted octanol–water partition coefficient (Wildman–Crippen LogP) is 3.27. The van der Waals surface area contributed by atoms with Gasteiger partial charge in [0, 0.05) is 0 Å². The maximum atomic E-state index is 12.9. The van der Waals surface area contributed by atoms with E-state index in [9.17, 15) is 18.0 Å². The third-order valence-electron chi connectivity index (χ3n) is 3.50. The molecule has 1 N–H and O–H groups in total. The van der Waals surface area contributed by atoms with Crippen molar-refractivity contribution in [3.63, 3.8) is 0 Å². The van der Waals surface area contributed by atoms with Crippen LogP contribution >= 0.6 is 0 Å². The van der Waals surface area contributed by atoms with Gasteiger partial charge in [-0.2, -0.15) is 18.4 Å². The molecule has 1 amide bonds. The lowest BCUT2D eigenvalue weighted by atomic mass is 9.98. The SMILES string of the molecule is N#CC1(NC(=O)c2ccccc2C(F)(F)F)CCCC1. The first kappa shape index (κ1) is 14.4. The summed E-state index contributed by atoms with van der Waals surface area (Å²) in [6, 6.07) is 6.61. The Labute approximate surface area is 114 Å². The van der Waals surface area contributed by atoms with Crippen molar-refractivity contribution >= 4 is 5.91 Å². The van der Waals surface area contributed by atoms with E-state index in [1.807, 2.05) is 6.07 Å². The Morgan fingerprint density at radius 1 is 1.25 bits per heavy atom. The summed E-state index contributed by atoms with van der Waals surface area (Å²) in [5.41, 5.74) is -2.46. The molecule has 1 aromatic carbocycles. The number of amides is 1. The second-order valence-corrected chi connectivity index (χ2v) is 4.90. The molecule has 0 heterocycles. The molecule has 0 radical (unpaired) electrons. The van der Waals surface area contributed by atoms with E-state index in [4.69, 9.17) is 5.26 Å². The van der Waals surface area contributed by atoms with Crippen LogP contribution in [-0.4, -0.2) is 11.4 Å². The van der Waals surface area contributed by atoms with Crippen molar-refractivity contribution in [2.24, 2.45) is 0 Å². The van der Waals surface area contributed by atoms with Crippen LogP contribution in [0, 0.1) is 11.3 Å². The Morgan fingerprint density at radius 3 is 2.40 bits per heavy atom. The van der Waals surface area contributed by atoms with Gasteiger partial charge in [0.1, 0.15) is 5.54 Å². The first-order chi connectivity index (χ1) is 9.38. The van der Waals surface area contributed by atoms with Gasteiger partial charge in [-0.1, -0.05) is 12.1 Å². The molecular weight excluding hydrogens is 269 g/mol. The third kappa shape index (κ3) is 2.77. The standard InChI is InChI=1S/C14H13F3N2O/c15-14(16,17)11-6-2-1-5-10(11)12(20)19-13(9-18)7-3-4-8-13/h1-2,5-6H,3-4,7-8H2,(H,19,20). The molecule has 0 unspecified atom stereocenters. The lowest BCUT2D eigenvalue weighted by Gasteiger charge is -2.23. The molecule has 0 saturated heterocycles. The lowest BCUT2D eigenvalue weighted by molar-refractivity contribution is -0.137. The summed E-state index contributed by atoms with van der Waals surface area (Å²) in [6.07, 6.45) is -2.07. The number of nitrogens with one attached hydrogen (secondary N) is 1. The molecule has 0 spiro atoms. The number of nitriles is 1. The number of nitrogens with zero attached hydrogens (tertiary/aromatic N) is 1. The van der Waals surface area contributed by atoms with E-state index in [-0.39, 0.29) is 0 Å². The fourth-order valence-corrected chi connectivity index (χ4v) is 2.46. The zero-order valence-corrected chi connectivity index (χ0v) is 10.6. The Hall–Kier alpha value is -2.03. The van der Waals surface area contributed by atoms with Crippen LogP contribution in [0.1, 0.15) is 41.6 Å². The Morgan fingerprint density at radius 2 is 1.85 bits per heavy atom. The highest BCUT2D eigenvalue weighted by Crippen LogP contribution is 2.33. The number of hydrogen-bond donors (Lipinski definition) is 1. The van der Waals surface area contributed by atoms with Gasteiger partial charge in [0.05, 0.1) is 17.2 Å². The van der Waals surface area contributed by atoms with Crippen molar-refractivity contribution in [1.82, 2.24) is 5.32 Å². The summed E-state index contributed by atoms with van der Waals surface area (Å²) in [4.78, 5) is 12.1. The average molecular weight is 282 g/mol. The smallest absolute Gasteiger partial charge is 0.334 e. The Bertz CT molecular complexity index is 554. The number of carbonyl (C=O) groups is 1. The number of alkyl halides is 3. The molecule has 3 nitrogen and oxygen atoms in total. The van der Waals surface area contributed by atoms with Crippen molar-refractivity contribution in [2.45, 2.75) is 37.4 Å². The van der Waals surface area contributed by atoms with Gasteiger partial charge in [-0.15, -0.1) is 0 Å². The summed E-state index contributed by atoms with van der Waals surface area (Å²) < 4.78 is 38.6. The summed E-state index contributed by atoms with van der Waals surface area (Å²) >= 11 is 0. The predicted molar refractivity (Wildman–Crippen MR) is 65.7 cm³/mol. The largest absolute Gasteiger partial charge is 0.417 e. The van der Waals surface area contributed by atoms with Crippen molar-refractivity contribution in [2.75, 3.05) is 0 Å². The normalized spacial score (nSPS) is 17.5. The molecule has 1 fully saturated rings.